The van der Waals surface area contributed by atoms with Crippen LogP contribution in [0.25, 0.3) is 0 Å². The summed E-state index contributed by atoms with van der Waals surface area (Å²) in [5.74, 6) is 1.68. The summed E-state index contributed by atoms with van der Waals surface area (Å²) in [6.07, 6.45) is 6.53. The maximum atomic E-state index is 12.7. The van der Waals surface area contributed by atoms with Gasteiger partial charge >= 0.3 is 0 Å². The van der Waals surface area contributed by atoms with Crippen LogP contribution in [-0.2, 0) is 22.6 Å². The van der Waals surface area contributed by atoms with Gasteiger partial charge in [0.15, 0.2) is 0 Å². The van der Waals surface area contributed by atoms with Gasteiger partial charge in [0.1, 0.15) is 5.82 Å². The number of nitrogens with one attached hydrogen (secondary N) is 1. The van der Waals surface area contributed by atoms with Gasteiger partial charge in [-0.25, -0.2) is 4.98 Å². The van der Waals surface area contributed by atoms with Crippen LogP contribution >= 0.6 is 0 Å². The monoisotopic (exact) mass is 370 g/mol. The molecular formula is C20H26N4O3. The van der Waals surface area contributed by atoms with E-state index in [9.17, 15) is 14.4 Å². The highest BCUT2D eigenvalue weighted by molar-refractivity contribution is 5.81. The van der Waals surface area contributed by atoms with Crippen molar-refractivity contribution in [1.82, 2.24) is 19.8 Å². The Morgan fingerprint density at radius 1 is 0.963 bits per heavy atom. The van der Waals surface area contributed by atoms with Gasteiger partial charge in [0, 0.05) is 43.8 Å². The van der Waals surface area contributed by atoms with Crippen molar-refractivity contribution in [3.05, 3.63) is 27.4 Å². The lowest BCUT2D eigenvalue weighted by Crippen LogP contribution is -2.42. The highest BCUT2D eigenvalue weighted by Crippen LogP contribution is 2.34. The number of hydrogen-bond acceptors (Lipinski definition) is 4. The second-order valence-electron chi connectivity index (χ2n) is 8.56. The molecule has 27 heavy (non-hydrogen) atoms. The van der Waals surface area contributed by atoms with Gasteiger partial charge in [0.25, 0.3) is 5.56 Å². The predicted molar refractivity (Wildman–Crippen MR) is 98.0 cm³/mol. The van der Waals surface area contributed by atoms with E-state index in [2.05, 4.69) is 4.98 Å². The number of likely N-dealkylation sites (tertiary alicyclic amines) is 1. The van der Waals surface area contributed by atoms with Crippen LogP contribution in [0.1, 0.15) is 61.5 Å². The van der Waals surface area contributed by atoms with Gasteiger partial charge in [0.2, 0.25) is 11.8 Å². The summed E-state index contributed by atoms with van der Waals surface area (Å²) in [4.78, 5) is 48.9. The molecule has 0 spiro atoms. The normalized spacial score (nSPS) is 25.3. The van der Waals surface area contributed by atoms with Gasteiger partial charge in [-0.1, -0.05) is 0 Å². The zero-order valence-corrected chi connectivity index (χ0v) is 15.6. The van der Waals surface area contributed by atoms with Crippen LogP contribution < -0.4 is 5.56 Å². The summed E-state index contributed by atoms with van der Waals surface area (Å²) in [6, 6.07) is 0. The lowest BCUT2D eigenvalue weighted by molar-refractivity contribution is -0.134. The minimum atomic E-state index is -0.117. The molecule has 1 atom stereocenters. The Kier molecular flexibility index (Phi) is 4.06. The Hall–Kier alpha value is -2.18. The molecule has 4 aliphatic rings. The molecule has 5 rings (SSSR count). The first-order valence-electron chi connectivity index (χ1n) is 10.3. The largest absolute Gasteiger partial charge is 0.342 e. The summed E-state index contributed by atoms with van der Waals surface area (Å²) < 4.78 is 0. The fourth-order valence-corrected chi connectivity index (χ4v) is 4.40. The quantitative estimate of drug-likeness (QED) is 0.866. The highest BCUT2D eigenvalue weighted by atomic mass is 16.2. The number of hydrogen-bond donors (Lipinski definition) is 1. The molecule has 144 valence electrons. The number of fused-ring (bicyclic) bond motifs is 1. The molecular weight excluding hydrogens is 344 g/mol. The molecule has 2 saturated carbocycles. The van der Waals surface area contributed by atoms with Crippen LogP contribution in [0.15, 0.2) is 4.79 Å². The maximum Gasteiger partial charge on any atom is 0.256 e. The third-order valence-electron chi connectivity index (χ3n) is 6.37. The second-order valence-corrected chi connectivity index (χ2v) is 8.56. The number of rotatable bonds is 3. The molecule has 1 unspecified atom stereocenters. The number of carbonyl (C=O) groups excluding carboxylic acids is 2. The van der Waals surface area contributed by atoms with Crippen molar-refractivity contribution >= 4 is 11.8 Å². The molecule has 3 fully saturated rings. The number of amides is 2. The summed E-state index contributed by atoms with van der Waals surface area (Å²) in [5.41, 5.74) is 1.36. The minimum Gasteiger partial charge on any atom is -0.342 e. The topological polar surface area (TPSA) is 86.4 Å². The fraction of sp³-hybridized carbons (Fsp3) is 0.700. The van der Waals surface area contributed by atoms with E-state index in [0.717, 1.165) is 50.8 Å². The molecule has 7 nitrogen and oxygen atoms in total. The molecule has 3 heterocycles. The summed E-state index contributed by atoms with van der Waals surface area (Å²) in [6.45, 7) is 2.50. The first-order valence-corrected chi connectivity index (χ1v) is 10.3. The Labute approximate surface area is 158 Å². The lowest BCUT2D eigenvalue weighted by Gasteiger charge is -2.33. The van der Waals surface area contributed by atoms with E-state index < -0.39 is 0 Å². The third-order valence-corrected chi connectivity index (χ3v) is 6.37. The second kappa shape index (κ2) is 6.46. The minimum absolute atomic E-state index is 0.102. The zero-order valence-electron chi connectivity index (χ0n) is 15.6. The molecule has 1 N–H and O–H groups in total. The molecule has 2 amide bonds. The third kappa shape index (κ3) is 3.28. The van der Waals surface area contributed by atoms with Crippen molar-refractivity contribution in [3.8, 4) is 0 Å². The molecule has 1 saturated heterocycles. The van der Waals surface area contributed by atoms with Crippen molar-refractivity contribution in [3.63, 3.8) is 0 Å². The number of H-pyrrole nitrogens is 1. The number of piperidine rings is 1. The van der Waals surface area contributed by atoms with Crippen LogP contribution in [0.2, 0.25) is 0 Å². The predicted octanol–water partition coefficient (Wildman–Crippen LogP) is 1.18. The Morgan fingerprint density at radius 2 is 1.67 bits per heavy atom. The van der Waals surface area contributed by atoms with Crippen molar-refractivity contribution in [2.45, 2.75) is 57.4 Å². The average Bonchev–Trinajstić information content (AvgIpc) is 3.58. The molecule has 0 radical (unpaired) electrons. The number of aromatic nitrogens is 2. The van der Waals surface area contributed by atoms with Gasteiger partial charge in [-0.2, -0.15) is 0 Å². The van der Waals surface area contributed by atoms with Crippen LogP contribution in [0.5, 0.6) is 0 Å². The first-order chi connectivity index (χ1) is 13.1. The Balaban J connectivity index is 1.34. The van der Waals surface area contributed by atoms with E-state index in [4.69, 9.17) is 4.98 Å². The van der Waals surface area contributed by atoms with E-state index >= 15 is 0 Å². The van der Waals surface area contributed by atoms with E-state index in [1.165, 1.54) is 0 Å². The summed E-state index contributed by atoms with van der Waals surface area (Å²) in [7, 11) is 0. The van der Waals surface area contributed by atoms with E-state index in [-0.39, 0.29) is 35.1 Å². The van der Waals surface area contributed by atoms with Crippen molar-refractivity contribution < 1.29 is 9.59 Å². The van der Waals surface area contributed by atoms with Gasteiger partial charge in [-0.05, 0) is 38.5 Å². The van der Waals surface area contributed by atoms with Crippen LogP contribution in [0, 0.1) is 11.8 Å². The Bertz CT molecular complexity index is 840. The van der Waals surface area contributed by atoms with Gasteiger partial charge in [0.05, 0.1) is 17.8 Å². The zero-order chi connectivity index (χ0) is 18.5. The molecule has 0 aromatic carbocycles. The van der Waals surface area contributed by atoms with Crippen molar-refractivity contribution in [2.75, 3.05) is 19.6 Å². The number of nitrogens with zero attached hydrogens (tertiary/aromatic N) is 3. The standard InChI is InChI=1S/C20H26N4O3/c25-18-15-11-24(20(27)13-5-6-13)9-7-16(15)21-17(22-18)14-2-1-8-23(10-14)19(26)12-3-4-12/h12-14H,1-11H2,(H,21,22,25). The maximum absolute atomic E-state index is 12.7. The molecule has 1 aromatic heterocycles. The molecule has 0 bridgehead atoms. The summed E-state index contributed by atoms with van der Waals surface area (Å²) in [5, 5.41) is 0. The number of aromatic amines is 1. The van der Waals surface area contributed by atoms with Gasteiger partial charge in [-0.15, -0.1) is 0 Å². The van der Waals surface area contributed by atoms with E-state index in [1.54, 1.807) is 0 Å². The van der Waals surface area contributed by atoms with E-state index in [1.807, 2.05) is 9.80 Å². The highest BCUT2D eigenvalue weighted by Gasteiger charge is 2.37. The Morgan fingerprint density at radius 3 is 2.37 bits per heavy atom. The van der Waals surface area contributed by atoms with Crippen LogP contribution in [0.4, 0.5) is 0 Å². The van der Waals surface area contributed by atoms with Gasteiger partial charge < -0.3 is 14.8 Å². The average molecular weight is 370 g/mol. The first kappa shape index (κ1) is 17.0. The fourth-order valence-electron chi connectivity index (χ4n) is 4.40. The van der Waals surface area contributed by atoms with Crippen molar-refractivity contribution in [1.29, 1.82) is 0 Å². The van der Waals surface area contributed by atoms with Crippen molar-refractivity contribution in [2.24, 2.45) is 11.8 Å². The lowest BCUT2D eigenvalue weighted by atomic mass is 9.96. The van der Waals surface area contributed by atoms with Crippen LogP contribution in [-0.4, -0.2) is 51.2 Å². The number of carbonyl (C=O) groups is 2. The molecule has 7 heteroatoms. The summed E-state index contributed by atoms with van der Waals surface area (Å²) >= 11 is 0. The van der Waals surface area contributed by atoms with E-state index in [0.29, 0.717) is 37.4 Å². The van der Waals surface area contributed by atoms with Gasteiger partial charge in [-0.3, -0.25) is 14.4 Å². The molecule has 2 aliphatic heterocycles. The van der Waals surface area contributed by atoms with Crippen LogP contribution in [0.3, 0.4) is 0 Å². The SMILES string of the molecule is O=C(C1CC1)N1CCc2nc(C3CCCN(C(=O)C4CC4)C3)[nH]c(=O)c2C1. The smallest absolute Gasteiger partial charge is 0.256 e. The molecule has 2 aliphatic carbocycles. The molecule has 1 aromatic rings.